The lowest BCUT2D eigenvalue weighted by Gasteiger charge is -2.02. The molecule has 0 aliphatic carbocycles. The molecule has 0 bridgehead atoms. The fraction of sp³-hybridized carbons (Fsp3) is 0.500. The highest BCUT2D eigenvalue weighted by Crippen LogP contribution is 2.26. The van der Waals surface area contributed by atoms with Gasteiger partial charge in [-0.2, -0.15) is 0 Å². The van der Waals surface area contributed by atoms with Gasteiger partial charge >= 0.3 is 0 Å². The van der Waals surface area contributed by atoms with E-state index in [2.05, 4.69) is 4.52 Å². The first-order chi connectivity index (χ1) is 3.39. The molecule has 1 aliphatic heterocycles. The standard InChI is InChI=1S/C4H7O2P/c5-7-4-2-1-3-6-7/h1,3,7H,2,4H2. The van der Waals surface area contributed by atoms with E-state index in [1.54, 1.807) is 0 Å². The molecular weight excluding hydrogens is 111 g/mol. The number of allylic oxidation sites excluding steroid dienone is 1. The van der Waals surface area contributed by atoms with E-state index in [4.69, 9.17) is 0 Å². The van der Waals surface area contributed by atoms with Gasteiger partial charge in [0.25, 0.3) is 0 Å². The van der Waals surface area contributed by atoms with Gasteiger partial charge in [-0.15, -0.1) is 0 Å². The maximum atomic E-state index is 10.4. The third-order valence-corrected chi connectivity index (χ3v) is 1.91. The fourth-order valence-corrected chi connectivity index (χ4v) is 1.22. The van der Waals surface area contributed by atoms with Gasteiger partial charge in [0.2, 0.25) is 8.03 Å². The van der Waals surface area contributed by atoms with E-state index in [0.717, 1.165) is 12.6 Å². The Labute approximate surface area is 43.0 Å². The van der Waals surface area contributed by atoms with Crippen LogP contribution in [0.15, 0.2) is 12.3 Å². The van der Waals surface area contributed by atoms with Crippen LogP contribution in [0.3, 0.4) is 0 Å². The van der Waals surface area contributed by atoms with Crippen molar-refractivity contribution in [2.45, 2.75) is 6.42 Å². The zero-order valence-corrected chi connectivity index (χ0v) is 4.89. The first-order valence-corrected chi connectivity index (χ1v) is 3.76. The van der Waals surface area contributed by atoms with Crippen LogP contribution in [-0.2, 0) is 9.09 Å². The molecule has 0 aromatic heterocycles. The van der Waals surface area contributed by atoms with Gasteiger partial charge in [0.15, 0.2) is 0 Å². The van der Waals surface area contributed by atoms with E-state index in [1.165, 1.54) is 6.26 Å². The number of rotatable bonds is 0. The van der Waals surface area contributed by atoms with Gasteiger partial charge in [0.05, 0.1) is 6.26 Å². The van der Waals surface area contributed by atoms with Crippen LogP contribution < -0.4 is 0 Å². The van der Waals surface area contributed by atoms with E-state index in [9.17, 15) is 4.57 Å². The molecule has 0 saturated carbocycles. The van der Waals surface area contributed by atoms with Gasteiger partial charge < -0.3 is 4.52 Å². The van der Waals surface area contributed by atoms with E-state index in [0.29, 0.717) is 0 Å². The van der Waals surface area contributed by atoms with E-state index >= 15 is 0 Å². The fourth-order valence-electron chi connectivity index (χ4n) is 0.452. The first-order valence-electron chi connectivity index (χ1n) is 2.24. The second kappa shape index (κ2) is 2.17. The molecule has 40 valence electrons. The lowest BCUT2D eigenvalue weighted by atomic mass is 10.5. The van der Waals surface area contributed by atoms with Crippen LogP contribution in [0.1, 0.15) is 6.42 Å². The Balaban J connectivity index is 2.47. The molecule has 0 aromatic rings. The Morgan fingerprint density at radius 1 is 1.71 bits per heavy atom. The summed E-state index contributed by atoms with van der Waals surface area (Å²) < 4.78 is 15.0. The summed E-state index contributed by atoms with van der Waals surface area (Å²) >= 11 is 0. The van der Waals surface area contributed by atoms with Crippen LogP contribution in [0.4, 0.5) is 0 Å². The molecule has 0 fully saturated rings. The largest absolute Gasteiger partial charge is 0.453 e. The van der Waals surface area contributed by atoms with Crippen LogP contribution in [-0.4, -0.2) is 6.16 Å². The van der Waals surface area contributed by atoms with Crippen molar-refractivity contribution in [3.63, 3.8) is 0 Å². The summed E-state index contributed by atoms with van der Waals surface area (Å²) in [4.78, 5) is 0. The van der Waals surface area contributed by atoms with E-state index in [-0.39, 0.29) is 0 Å². The average Bonchev–Trinajstić information content (AvgIpc) is 1.69. The molecule has 3 heteroatoms. The van der Waals surface area contributed by atoms with Crippen LogP contribution in [0, 0.1) is 0 Å². The maximum Gasteiger partial charge on any atom is 0.236 e. The summed E-state index contributed by atoms with van der Waals surface area (Å²) in [6.45, 7) is 0. The Kier molecular flexibility index (Phi) is 1.53. The summed E-state index contributed by atoms with van der Waals surface area (Å²) in [7, 11) is -1.63. The maximum absolute atomic E-state index is 10.4. The SMILES string of the molecule is O=[PH]1CCC=CO1. The minimum absolute atomic E-state index is 0.723. The minimum atomic E-state index is -1.63. The molecule has 1 unspecified atom stereocenters. The molecule has 1 rings (SSSR count). The van der Waals surface area contributed by atoms with Gasteiger partial charge in [-0.05, 0) is 12.5 Å². The summed E-state index contributed by atoms with van der Waals surface area (Å²) in [6.07, 6.45) is 5.04. The highest BCUT2D eigenvalue weighted by atomic mass is 31.1. The molecule has 0 spiro atoms. The van der Waals surface area contributed by atoms with E-state index in [1.807, 2.05) is 6.08 Å². The zero-order chi connectivity index (χ0) is 5.11. The van der Waals surface area contributed by atoms with Crippen molar-refractivity contribution in [1.29, 1.82) is 0 Å². The summed E-state index contributed by atoms with van der Waals surface area (Å²) in [5.41, 5.74) is 0. The Morgan fingerprint density at radius 2 is 2.57 bits per heavy atom. The third-order valence-electron chi connectivity index (χ3n) is 0.811. The van der Waals surface area contributed by atoms with Gasteiger partial charge in [-0.25, -0.2) is 0 Å². The van der Waals surface area contributed by atoms with Crippen molar-refractivity contribution >= 4 is 8.03 Å². The van der Waals surface area contributed by atoms with Crippen LogP contribution in [0.2, 0.25) is 0 Å². The number of hydrogen-bond acceptors (Lipinski definition) is 2. The Bertz CT molecular complexity index is 108. The second-order valence-corrected chi connectivity index (χ2v) is 2.88. The molecule has 0 radical (unpaired) electrons. The number of hydrogen-bond donors (Lipinski definition) is 0. The van der Waals surface area contributed by atoms with Crippen molar-refractivity contribution in [2.75, 3.05) is 6.16 Å². The molecule has 0 saturated heterocycles. The smallest absolute Gasteiger partial charge is 0.236 e. The Morgan fingerprint density at radius 3 is 2.86 bits per heavy atom. The highest BCUT2D eigenvalue weighted by molar-refractivity contribution is 7.39. The van der Waals surface area contributed by atoms with E-state index < -0.39 is 8.03 Å². The predicted octanol–water partition coefficient (Wildman–Crippen LogP) is 1.40. The van der Waals surface area contributed by atoms with Crippen LogP contribution in [0.5, 0.6) is 0 Å². The second-order valence-electron chi connectivity index (χ2n) is 1.40. The first kappa shape index (κ1) is 4.92. The van der Waals surface area contributed by atoms with Crippen molar-refractivity contribution in [3.05, 3.63) is 12.3 Å². The molecule has 2 nitrogen and oxygen atoms in total. The highest BCUT2D eigenvalue weighted by Gasteiger charge is 1.98. The van der Waals surface area contributed by atoms with Gasteiger partial charge in [-0.1, -0.05) is 0 Å². The van der Waals surface area contributed by atoms with Gasteiger partial charge in [0, 0.05) is 6.16 Å². The summed E-state index contributed by atoms with van der Waals surface area (Å²) in [5, 5.41) is 0. The summed E-state index contributed by atoms with van der Waals surface area (Å²) in [5.74, 6) is 0. The lowest BCUT2D eigenvalue weighted by Crippen LogP contribution is -1.81. The summed E-state index contributed by atoms with van der Waals surface area (Å²) in [6, 6.07) is 0. The Hall–Kier alpha value is -0.230. The van der Waals surface area contributed by atoms with Crippen LogP contribution >= 0.6 is 8.03 Å². The molecule has 0 amide bonds. The normalized spacial score (nSPS) is 29.4. The molecule has 0 aromatic carbocycles. The molecule has 1 heterocycles. The minimum Gasteiger partial charge on any atom is -0.453 e. The van der Waals surface area contributed by atoms with Gasteiger partial charge in [0.1, 0.15) is 0 Å². The average molecular weight is 118 g/mol. The predicted molar refractivity (Wildman–Crippen MR) is 28.7 cm³/mol. The molecule has 0 N–H and O–H groups in total. The molecule has 1 atom stereocenters. The zero-order valence-electron chi connectivity index (χ0n) is 3.89. The van der Waals surface area contributed by atoms with Crippen molar-refractivity contribution in [1.82, 2.24) is 0 Å². The van der Waals surface area contributed by atoms with Gasteiger partial charge in [-0.3, -0.25) is 4.57 Å². The molecule has 7 heavy (non-hydrogen) atoms. The monoisotopic (exact) mass is 118 g/mol. The lowest BCUT2D eigenvalue weighted by molar-refractivity contribution is 0.454. The molecular formula is C4H7O2P. The quantitative estimate of drug-likeness (QED) is 0.449. The molecule has 1 aliphatic rings. The topological polar surface area (TPSA) is 26.3 Å². The van der Waals surface area contributed by atoms with Crippen molar-refractivity contribution < 1.29 is 9.09 Å². The van der Waals surface area contributed by atoms with Crippen LogP contribution in [0.25, 0.3) is 0 Å². The van der Waals surface area contributed by atoms with Crippen molar-refractivity contribution in [3.8, 4) is 0 Å². The van der Waals surface area contributed by atoms with Crippen molar-refractivity contribution in [2.24, 2.45) is 0 Å². The third kappa shape index (κ3) is 1.36.